The quantitative estimate of drug-likeness (QED) is 0.384. The van der Waals surface area contributed by atoms with Gasteiger partial charge < -0.3 is 14.5 Å². The molecule has 2 heterocycles. The number of imidazole rings is 1. The number of ether oxygens (including phenoxy) is 2. The fraction of sp³-hybridized carbons (Fsp3) is 0.200. The van der Waals surface area contributed by atoms with Crippen LogP contribution in [0.5, 0.6) is 11.6 Å². The van der Waals surface area contributed by atoms with Crippen molar-refractivity contribution in [3.8, 4) is 11.6 Å². The predicted molar refractivity (Wildman–Crippen MR) is 94.3 cm³/mol. The van der Waals surface area contributed by atoms with E-state index in [1.165, 1.54) is 37.6 Å². The molecule has 1 aromatic carbocycles. The van der Waals surface area contributed by atoms with Gasteiger partial charge in [-0.25, -0.2) is 9.78 Å². The molecule has 0 radical (unpaired) electrons. The van der Waals surface area contributed by atoms with E-state index in [0.29, 0.717) is 17.8 Å². The van der Waals surface area contributed by atoms with E-state index < -0.39 is 11.0 Å². The highest BCUT2D eigenvalue weighted by atomic mass is 16.6. The van der Waals surface area contributed by atoms with Gasteiger partial charge in [0.25, 0.3) is 11.6 Å². The third kappa shape index (κ3) is 4.14. The Morgan fingerprint density at radius 3 is 2.75 bits per heavy atom. The summed E-state index contributed by atoms with van der Waals surface area (Å²) in [6, 6.07) is 5.02. The molecular weight excluding hydrogens is 372 g/mol. The number of rotatable bonds is 6. The van der Waals surface area contributed by atoms with Crippen LogP contribution in [0.1, 0.15) is 6.92 Å². The molecule has 0 bridgehead atoms. The molecule has 1 amide bonds. The molecule has 0 saturated carbocycles. The average Bonchev–Trinajstić information content (AvgIpc) is 3.15. The van der Waals surface area contributed by atoms with Crippen molar-refractivity contribution in [2.24, 2.45) is 10.3 Å². The molecule has 0 spiro atoms. The van der Waals surface area contributed by atoms with Crippen LogP contribution in [-0.2, 0) is 0 Å². The van der Waals surface area contributed by atoms with E-state index in [-0.39, 0.29) is 23.3 Å². The summed E-state index contributed by atoms with van der Waals surface area (Å²) in [5, 5.41) is 18.9. The number of carbonyl (C=O) groups is 1. The summed E-state index contributed by atoms with van der Waals surface area (Å²) in [7, 11) is 1.31. The Kier molecular flexibility index (Phi) is 5.34. The van der Waals surface area contributed by atoms with Crippen molar-refractivity contribution in [1.82, 2.24) is 24.9 Å². The zero-order valence-corrected chi connectivity index (χ0v) is 14.8. The number of aromatic nitrogens is 4. The number of benzene rings is 1. The number of aromatic amines is 1. The molecule has 3 aromatic rings. The first-order chi connectivity index (χ1) is 13.5. The summed E-state index contributed by atoms with van der Waals surface area (Å²) in [5.41, 5.74) is 0.735. The predicted octanol–water partition coefficient (Wildman–Crippen LogP) is 2.79. The SMILES string of the molecule is CCOc1nc(N=NN(C)C(=O)Oc2ccc([N+](=O)[O-])cc2)nc2nc[nH]c12. The van der Waals surface area contributed by atoms with Gasteiger partial charge in [-0.2, -0.15) is 15.0 Å². The minimum atomic E-state index is -0.858. The third-order valence-corrected chi connectivity index (χ3v) is 3.31. The van der Waals surface area contributed by atoms with Gasteiger partial charge in [0.1, 0.15) is 11.3 Å². The van der Waals surface area contributed by atoms with Crippen molar-refractivity contribution >= 4 is 28.9 Å². The van der Waals surface area contributed by atoms with Crippen LogP contribution in [0.4, 0.5) is 16.4 Å². The van der Waals surface area contributed by atoms with Crippen LogP contribution in [0.25, 0.3) is 11.2 Å². The zero-order valence-electron chi connectivity index (χ0n) is 14.8. The number of nitro groups is 1. The van der Waals surface area contributed by atoms with E-state index in [4.69, 9.17) is 9.47 Å². The highest BCUT2D eigenvalue weighted by Crippen LogP contribution is 2.22. The van der Waals surface area contributed by atoms with E-state index in [9.17, 15) is 14.9 Å². The largest absolute Gasteiger partial charge is 0.476 e. The van der Waals surface area contributed by atoms with Gasteiger partial charge in [-0.3, -0.25) is 10.1 Å². The molecule has 0 unspecified atom stereocenters. The summed E-state index contributed by atoms with van der Waals surface area (Å²) in [5.74, 6) is 0.318. The summed E-state index contributed by atoms with van der Waals surface area (Å²) >= 11 is 0. The second-order valence-corrected chi connectivity index (χ2v) is 5.19. The molecule has 0 fully saturated rings. The third-order valence-electron chi connectivity index (χ3n) is 3.31. The minimum Gasteiger partial charge on any atom is -0.476 e. The summed E-state index contributed by atoms with van der Waals surface area (Å²) in [6.07, 6.45) is 0.583. The average molecular weight is 386 g/mol. The van der Waals surface area contributed by atoms with Crippen molar-refractivity contribution in [3.63, 3.8) is 0 Å². The molecule has 0 aliphatic heterocycles. The van der Waals surface area contributed by atoms with Crippen molar-refractivity contribution in [1.29, 1.82) is 0 Å². The first-order valence-electron chi connectivity index (χ1n) is 7.93. The molecule has 28 heavy (non-hydrogen) atoms. The number of amides is 1. The number of carbonyl (C=O) groups excluding carboxylic acids is 1. The monoisotopic (exact) mass is 386 g/mol. The van der Waals surface area contributed by atoms with Crippen LogP contribution < -0.4 is 9.47 Å². The number of nitrogens with one attached hydrogen (secondary N) is 1. The standard InChI is InChI=1S/C15H14N8O5/c1-3-27-13-11-12(17-8-16-11)18-14(19-13)20-21-22(2)15(24)28-10-6-4-9(5-7-10)23(25)26/h4-8H,3H2,1-2H3,(H,16,17,18,19). The summed E-state index contributed by atoms with van der Waals surface area (Å²) in [6.45, 7) is 2.18. The lowest BCUT2D eigenvalue weighted by molar-refractivity contribution is -0.384. The summed E-state index contributed by atoms with van der Waals surface area (Å²) in [4.78, 5) is 37.2. The molecule has 2 aromatic heterocycles. The number of nitro benzene ring substituents is 1. The Hall–Kier alpha value is -4.16. The second-order valence-electron chi connectivity index (χ2n) is 5.19. The van der Waals surface area contributed by atoms with Crippen LogP contribution in [0.3, 0.4) is 0 Å². The Bertz CT molecular complexity index is 1030. The Morgan fingerprint density at radius 2 is 2.07 bits per heavy atom. The van der Waals surface area contributed by atoms with Gasteiger partial charge in [-0.05, 0) is 19.1 Å². The van der Waals surface area contributed by atoms with E-state index in [1.807, 2.05) is 0 Å². The van der Waals surface area contributed by atoms with Crippen molar-refractivity contribution < 1.29 is 19.2 Å². The summed E-state index contributed by atoms with van der Waals surface area (Å²) < 4.78 is 10.4. The van der Waals surface area contributed by atoms with E-state index >= 15 is 0 Å². The lowest BCUT2D eigenvalue weighted by Gasteiger charge is -2.09. The Balaban J connectivity index is 1.70. The molecule has 0 atom stereocenters. The molecule has 0 saturated heterocycles. The van der Waals surface area contributed by atoms with E-state index in [1.54, 1.807) is 6.92 Å². The number of H-pyrrole nitrogens is 1. The smallest absolute Gasteiger partial charge is 0.436 e. The molecule has 144 valence electrons. The maximum atomic E-state index is 12.0. The number of hydrogen-bond acceptors (Lipinski definition) is 10. The number of hydrogen-bond donors (Lipinski definition) is 1. The normalized spacial score (nSPS) is 10.9. The van der Waals surface area contributed by atoms with Crippen LogP contribution in [0.2, 0.25) is 0 Å². The maximum Gasteiger partial charge on any atom is 0.436 e. The number of non-ortho nitro benzene ring substituents is 1. The van der Waals surface area contributed by atoms with Gasteiger partial charge >= 0.3 is 6.09 Å². The zero-order chi connectivity index (χ0) is 20.1. The maximum absolute atomic E-state index is 12.0. The highest BCUT2D eigenvalue weighted by molar-refractivity contribution is 5.76. The van der Waals surface area contributed by atoms with Crippen LogP contribution >= 0.6 is 0 Å². The molecular formula is C15H14N8O5. The Labute approximate surface area is 157 Å². The van der Waals surface area contributed by atoms with Gasteiger partial charge in [0.15, 0.2) is 5.65 Å². The first-order valence-corrected chi connectivity index (χ1v) is 7.93. The van der Waals surface area contributed by atoms with Gasteiger partial charge in [-0.15, -0.1) is 0 Å². The lowest BCUT2D eigenvalue weighted by atomic mass is 10.3. The number of nitrogens with zero attached hydrogens (tertiary/aromatic N) is 7. The fourth-order valence-electron chi connectivity index (χ4n) is 2.03. The highest BCUT2D eigenvalue weighted by Gasteiger charge is 2.14. The molecule has 3 rings (SSSR count). The first kappa shape index (κ1) is 18.6. The van der Waals surface area contributed by atoms with Crippen molar-refractivity contribution in [2.75, 3.05) is 13.7 Å². The second kappa shape index (κ2) is 8.03. The fourth-order valence-corrected chi connectivity index (χ4v) is 2.03. The number of fused-ring (bicyclic) bond motifs is 1. The van der Waals surface area contributed by atoms with Crippen LogP contribution in [-0.4, -0.2) is 49.6 Å². The van der Waals surface area contributed by atoms with Gasteiger partial charge in [0.05, 0.1) is 17.9 Å². The van der Waals surface area contributed by atoms with Gasteiger partial charge in [0, 0.05) is 19.2 Å². The van der Waals surface area contributed by atoms with E-state index in [0.717, 1.165) is 5.01 Å². The van der Waals surface area contributed by atoms with Crippen molar-refractivity contribution in [2.45, 2.75) is 6.92 Å². The minimum absolute atomic E-state index is 0.0574. The van der Waals surface area contributed by atoms with Gasteiger partial charge in [-0.1, -0.05) is 10.3 Å². The molecule has 0 aliphatic rings. The van der Waals surface area contributed by atoms with E-state index in [2.05, 4.69) is 30.3 Å². The Morgan fingerprint density at radius 1 is 1.32 bits per heavy atom. The van der Waals surface area contributed by atoms with Crippen molar-refractivity contribution in [3.05, 3.63) is 40.7 Å². The van der Waals surface area contributed by atoms with Crippen LogP contribution in [0.15, 0.2) is 40.9 Å². The van der Waals surface area contributed by atoms with Crippen LogP contribution in [0, 0.1) is 10.1 Å². The molecule has 13 heteroatoms. The van der Waals surface area contributed by atoms with Gasteiger partial charge in [0.2, 0.25) is 5.88 Å². The molecule has 1 N–H and O–H groups in total. The molecule has 13 nitrogen and oxygen atoms in total. The topological polar surface area (TPSA) is 161 Å². The molecule has 0 aliphatic carbocycles. The lowest BCUT2D eigenvalue weighted by Crippen LogP contribution is -2.24.